The molecule has 0 unspecified atom stereocenters. The number of nitrogens with two attached hydrogens (primary N) is 2. The van der Waals surface area contributed by atoms with Gasteiger partial charge in [-0.1, -0.05) is 0 Å². The van der Waals surface area contributed by atoms with E-state index in [0.29, 0.717) is 19.6 Å². The Bertz CT molecular complexity index is 247. The van der Waals surface area contributed by atoms with E-state index in [9.17, 15) is 8.42 Å². The monoisotopic (exact) mass is 208 g/mol. The van der Waals surface area contributed by atoms with Gasteiger partial charge in [-0.05, 0) is 19.5 Å². The van der Waals surface area contributed by atoms with Crippen molar-refractivity contribution in [2.24, 2.45) is 10.9 Å². The van der Waals surface area contributed by atoms with Crippen molar-refractivity contribution >= 4 is 10.2 Å². The second kappa shape index (κ2) is 4.34. The van der Waals surface area contributed by atoms with Crippen LogP contribution >= 0.6 is 0 Å². The fraction of sp³-hybridized carbons (Fsp3) is 1.00. The maximum Gasteiger partial charge on any atom is 0.277 e. The zero-order valence-corrected chi connectivity index (χ0v) is 8.26. The lowest BCUT2D eigenvalue weighted by atomic mass is 10.2. The summed E-state index contributed by atoms with van der Waals surface area (Å²) in [5.74, 6) is 0. The molecule has 5 N–H and O–H groups in total. The minimum atomic E-state index is -3.46. The molecule has 1 fully saturated rings. The molecule has 0 amide bonds. The third-order valence-corrected chi connectivity index (χ3v) is 3.04. The van der Waals surface area contributed by atoms with Crippen LogP contribution in [0.3, 0.4) is 0 Å². The van der Waals surface area contributed by atoms with E-state index in [1.54, 1.807) is 0 Å². The molecule has 78 valence electrons. The molecule has 7 heteroatoms. The molecular weight excluding hydrogens is 192 g/mol. The van der Waals surface area contributed by atoms with E-state index in [1.165, 1.54) is 4.31 Å². The van der Waals surface area contributed by atoms with Gasteiger partial charge in [0.2, 0.25) is 0 Å². The summed E-state index contributed by atoms with van der Waals surface area (Å²) < 4.78 is 22.7. The maximum atomic E-state index is 10.7. The van der Waals surface area contributed by atoms with Gasteiger partial charge in [-0.25, -0.2) is 5.14 Å². The summed E-state index contributed by atoms with van der Waals surface area (Å²) in [6.07, 6.45) is 0.909. The van der Waals surface area contributed by atoms with Gasteiger partial charge >= 0.3 is 0 Å². The molecule has 0 saturated carbocycles. The molecule has 0 radical (unpaired) electrons. The number of hydrogen-bond acceptors (Lipinski definition) is 4. The van der Waals surface area contributed by atoms with Crippen LogP contribution in [0, 0.1) is 0 Å². The summed E-state index contributed by atoms with van der Waals surface area (Å²) in [5.41, 5.74) is 5.30. The third kappa shape index (κ3) is 3.20. The number of nitrogens with zero attached hydrogens (tertiary/aromatic N) is 1. The summed E-state index contributed by atoms with van der Waals surface area (Å²) in [4.78, 5) is 0. The molecule has 6 nitrogen and oxygen atoms in total. The highest BCUT2D eigenvalue weighted by Crippen LogP contribution is 2.09. The second-order valence-corrected chi connectivity index (χ2v) is 4.70. The number of hydrogen-bond donors (Lipinski definition) is 3. The number of rotatable bonds is 5. The predicted molar refractivity (Wildman–Crippen MR) is 50.1 cm³/mol. The van der Waals surface area contributed by atoms with Gasteiger partial charge in [-0.15, -0.1) is 0 Å². The molecule has 0 aliphatic carbocycles. The Labute approximate surface area is 78.4 Å². The first kappa shape index (κ1) is 10.9. The van der Waals surface area contributed by atoms with Crippen molar-refractivity contribution in [3.05, 3.63) is 0 Å². The van der Waals surface area contributed by atoms with Gasteiger partial charge < -0.3 is 11.1 Å². The lowest BCUT2D eigenvalue weighted by Crippen LogP contribution is -2.61. The van der Waals surface area contributed by atoms with Crippen LogP contribution in [-0.2, 0) is 10.2 Å². The summed E-state index contributed by atoms with van der Waals surface area (Å²) in [5, 5.41) is 8.09. The summed E-state index contributed by atoms with van der Waals surface area (Å²) in [7, 11) is -3.46. The van der Waals surface area contributed by atoms with Gasteiger partial charge in [0.15, 0.2) is 0 Å². The Kier molecular flexibility index (Phi) is 3.63. The average molecular weight is 208 g/mol. The highest BCUT2D eigenvalue weighted by atomic mass is 32.2. The van der Waals surface area contributed by atoms with E-state index in [-0.39, 0.29) is 6.04 Å². The van der Waals surface area contributed by atoms with Crippen molar-refractivity contribution < 1.29 is 8.42 Å². The van der Waals surface area contributed by atoms with Crippen molar-refractivity contribution in [2.45, 2.75) is 12.5 Å². The van der Waals surface area contributed by atoms with Crippen LogP contribution in [0.15, 0.2) is 0 Å². The molecule has 0 bridgehead atoms. The fourth-order valence-electron chi connectivity index (χ4n) is 1.18. The van der Waals surface area contributed by atoms with E-state index < -0.39 is 10.2 Å². The molecule has 0 aromatic rings. The fourth-order valence-corrected chi connectivity index (χ4v) is 1.96. The van der Waals surface area contributed by atoms with Crippen molar-refractivity contribution in [3.8, 4) is 0 Å². The minimum absolute atomic E-state index is 0.241. The van der Waals surface area contributed by atoms with Gasteiger partial charge in [0, 0.05) is 19.1 Å². The van der Waals surface area contributed by atoms with Crippen molar-refractivity contribution in [3.63, 3.8) is 0 Å². The zero-order chi connectivity index (χ0) is 9.90. The van der Waals surface area contributed by atoms with Gasteiger partial charge in [0.05, 0.1) is 0 Å². The third-order valence-electron chi connectivity index (χ3n) is 2.02. The summed E-state index contributed by atoms with van der Waals surface area (Å²) in [6.45, 7) is 2.44. The standard InChI is InChI=1S/C6H16N4O2S/c7-2-1-3-9-6-4-10(5-6)13(8,11)12/h6,9H,1-5,7H2,(H2,8,11,12). The molecule has 1 aliphatic heterocycles. The van der Waals surface area contributed by atoms with Crippen molar-refractivity contribution in [1.82, 2.24) is 9.62 Å². The van der Waals surface area contributed by atoms with Crippen molar-refractivity contribution in [2.75, 3.05) is 26.2 Å². The van der Waals surface area contributed by atoms with Crippen LogP contribution in [0.5, 0.6) is 0 Å². The van der Waals surface area contributed by atoms with E-state index in [1.807, 2.05) is 0 Å². The predicted octanol–water partition coefficient (Wildman–Crippen LogP) is -2.19. The van der Waals surface area contributed by atoms with Crippen LogP contribution < -0.4 is 16.2 Å². The summed E-state index contributed by atoms with van der Waals surface area (Å²) >= 11 is 0. The molecule has 1 aliphatic rings. The van der Waals surface area contributed by atoms with Crippen molar-refractivity contribution in [1.29, 1.82) is 0 Å². The molecule has 1 saturated heterocycles. The highest BCUT2D eigenvalue weighted by Gasteiger charge is 2.32. The van der Waals surface area contributed by atoms with E-state index in [0.717, 1.165) is 13.0 Å². The molecule has 0 aromatic heterocycles. The van der Waals surface area contributed by atoms with Crippen LogP contribution in [0.1, 0.15) is 6.42 Å². The van der Waals surface area contributed by atoms with Crippen LogP contribution in [0.4, 0.5) is 0 Å². The van der Waals surface area contributed by atoms with Gasteiger partial charge in [-0.2, -0.15) is 12.7 Å². The zero-order valence-electron chi connectivity index (χ0n) is 7.44. The molecular formula is C6H16N4O2S. The average Bonchev–Trinajstić information content (AvgIpc) is 1.91. The Balaban J connectivity index is 2.12. The molecule has 0 atom stereocenters. The van der Waals surface area contributed by atoms with Crippen LogP contribution in [-0.4, -0.2) is 44.9 Å². The van der Waals surface area contributed by atoms with Crippen LogP contribution in [0.2, 0.25) is 0 Å². The molecule has 1 rings (SSSR count). The maximum absolute atomic E-state index is 10.7. The lowest BCUT2D eigenvalue weighted by molar-refractivity contribution is 0.227. The first-order valence-corrected chi connectivity index (χ1v) is 5.75. The smallest absolute Gasteiger partial charge is 0.277 e. The van der Waals surface area contributed by atoms with Gasteiger partial charge in [0.1, 0.15) is 0 Å². The SMILES string of the molecule is NCCCNC1CN(S(N)(=O)=O)C1. The van der Waals surface area contributed by atoms with Crippen LogP contribution in [0.25, 0.3) is 0 Å². The van der Waals surface area contributed by atoms with Gasteiger partial charge in [0.25, 0.3) is 10.2 Å². The normalized spacial score (nSPS) is 20.2. The Morgan fingerprint density at radius 1 is 1.46 bits per heavy atom. The quantitative estimate of drug-likeness (QED) is 0.447. The Morgan fingerprint density at radius 3 is 2.54 bits per heavy atom. The number of nitrogens with one attached hydrogen (secondary N) is 1. The summed E-state index contributed by atoms with van der Waals surface area (Å²) in [6, 6.07) is 0.241. The lowest BCUT2D eigenvalue weighted by Gasteiger charge is -2.37. The molecule has 1 heterocycles. The minimum Gasteiger partial charge on any atom is -0.330 e. The molecule has 0 spiro atoms. The topological polar surface area (TPSA) is 101 Å². The largest absolute Gasteiger partial charge is 0.330 e. The molecule has 0 aromatic carbocycles. The highest BCUT2D eigenvalue weighted by molar-refractivity contribution is 7.86. The van der Waals surface area contributed by atoms with E-state index in [4.69, 9.17) is 10.9 Å². The first-order chi connectivity index (χ1) is 6.04. The van der Waals surface area contributed by atoms with Gasteiger partial charge in [-0.3, -0.25) is 0 Å². The second-order valence-electron chi connectivity index (χ2n) is 3.16. The van der Waals surface area contributed by atoms with E-state index in [2.05, 4.69) is 5.32 Å². The Morgan fingerprint density at radius 2 is 2.08 bits per heavy atom. The molecule has 13 heavy (non-hydrogen) atoms. The Hall–Kier alpha value is -0.210. The van der Waals surface area contributed by atoms with E-state index >= 15 is 0 Å². The first-order valence-electron chi connectivity index (χ1n) is 4.25.